The van der Waals surface area contributed by atoms with Gasteiger partial charge < -0.3 is 9.84 Å². The summed E-state index contributed by atoms with van der Waals surface area (Å²) in [6.07, 6.45) is 0.231. The summed E-state index contributed by atoms with van der Waals surface area (Å²) in [5.41, 5.74) is 1.51. The van der Waals surface area contributed by atoms with Crippen LogP contribution < -0.4 is 4.74 Å². The molecule has 0 amide bonds. The van der Waals surface area contributed by atoms with Gasteiger partial charge in [-0.2, -0.15) is 0 Å². The van der Waals surface area contributed by atoms with Crippen molar-refractivity contribution in [2.24, 2.45) is 0 Å². The van der Waals surface area contributed by atoms with E-state index in [0.29, 0.717) is 15.8 Å². The lowest BCUT2D eigenvalue weighted by atomic mass is 10.0. The number of hydrogen-bond donors (Lipinski definition) is 1. The highest BCUT2D eigenvalue weighted by Gasteiger charge is 2.15. The molecule has 0 radical (unpaired) electrons. The van der Waals surface area contributed by atoms with E-state index in [1.807, 2.05) is 6.92 Å². The molecule has 0 saturated carbocycles. The largest absolute Gasteiger partial charge is 0.506 e. The molecule has 0 unspecified atom stereocenters. The van der Waals surface area contributed by atoms with E-state index >= 15 is 0 Å². The van der Waals surface area contributed by atoms with Gasteiger partial charge in [0, 0.05) is 12.0 Å². The number of ketones is 1. The van der Waals surface area contributed by atoms with Gasteiger partial charge in [-0.25, -0.2) is 0 Å². The van der Waals surface area contributed by atoms with Gasteiger partial charge >= 0.3 is 0 Å². The molecule has 0 heterocycles. The zero-order valence-electron chi connectivity index (χ0n) is 8.93. The summed E-state index contributed by atoms with van der Waals surface area (Å²) in [6, 6.07) is 1.76. The molecule has 0 atom stereocenters. The van der Waals surface area contributed by atoms with Crippen LogP contribution in [0.1, 0.15) is 18.1 Å². The van der Waals surface area contributed by atoms with Gasteiger partial charge in [0.05, 0.1) is 7.11 Å². The van der Waals surface area contributed by atoms with Crippen LogP contribution in [-0.4, -0.2) is 18.0 Å². The van der Waals surface area contributed by atoms with E-state index in [0.717, 1.165) is 5.56 Å². The zero-order valence-corrected chi connectivity index (χ0v) is 10.5. The molecule has 1 aromatic carbocycles. The average Bonchev–Trinajstić information content (AvgIpc) is 2.14. The van der Waals surface area contributed by atoms with E-state index in [9.17, 15) is 9.90 Å². The van der Waals surface area contributed by atoms with Crippen molar-refractivity contribution in [3.05, 3.63) is 21.7 Å². The monoisotopic (exact) mass is 272 g/mol. The van der Waals surface area contributed by atoms with Gasteiger partial charge in [-0.15, -0.1) is 0 Å². The number of carbonyl (C=O) groups excluding carboxylic acids is 1. The first-order chi connectivity index (χ1) is 6.97. The second-order valence-corrected chi connectivity index (χ2v) is 4.22. The SMILES string of the molecule is COc1c(C)cc(CC(C)=O)c(O)c1Br. The third-order valence-electron chi connectivity index (χ3n) is 2.10. The summed E-state index contributed by atoms with van der Waals surface area (Å²) in [6.45, 7) is 3.36. The van der Waals surface area contributed by atoms with Crippen molar-refractivity contribution in [1.29, 1.82) is 0 Å². The second kappa shape index (κ2) is 4.66. The molecule has 3 nitrogen and oxygen atoms in total. The Morgan fingerprint density at radius 1 is 1.60 bits per heavy atom. The molecule has 0 fully saturated rings. The van der Waals surface area contributed by atoms with Crippen LogP contribution in [0.4, 0.5) is 0 Å². The normalized spacial score (nSPS) is 10.1. The van der Waals surface area contributed by atoms with Crippen LogP contribution in [0.2, 0.25) is 0 Å². The number of hydrogen-bond acceptors (Lipinski definition) is 3. The molecule has 1 N–H and O–H groups in total. The highest BCUT2D eigenvalue weighted by atomic mass is 79.9. The summed E-state index contributed by atoms with van der Waals surface area (Å²) in [4.78, 5) is 11.0. The Morgan fingerprint density at radius 3 is 2.67 bits per heavy atom. The molecule has 15 heavy (non-hydrogen) atoms. The maximum atomic E-state index is 11.0. The van der Waals surface area contributed by atoms with Crippen LogP contribution in [0.15, 0.2) is 10.5 Å². The minimum absolute atomic E-state index is 0.0155. The summed E-state index contributed by atoms with van der Waals surface area (Å²) < 4.78 is 5.63. The van der Waals surface area contributed by atoms with Crippen molar-refractivity contribution < 1.29 is 14.6 Å². The molecule has 0 aromatic heterocycles. The number of halogens is 1. The Bertz CT molecular complexity index is 399. The van der Waals surface area contributed by atoms with Gasteiger partial charge in [0.2, 0.25) is 0 Å². The number of aryl methyl sites for hydroxylation is 1. The molecule has 0 aliphatic rings. The van der Waals surface area contributed by atoms with Gasteiger partial charge in [0.25, 0.3) is 0 Å². The quantitative estimate of drug-likeness (QED) is 0.920. The fourth-order valence-electron chi connectivity index (χ4n) is 1.47. The van der Waals surface area contributed by atoms with E-state index in [4.69, 9.17) is 4.74 Å². The predicted molar refractivity (Wildman–Crippen MR) is 61.5 cm³/mol. The lowest BCUT2D eigenvalue weighted by Crippen LogP contribution is -1.99. The fourth-order valence-corrected chi connectivity index (χ4v) is 2.20. The molecule has 82 valence electrons. The molecule has 4 heteroatoms. The topological polar surface area (TPSA) is 46.5 Å². The summed E-state index contributed by atoms with van der Waals surface area (Å²) >= 11 is 3.25. The van der Waals surface area contributed by atoms with Crippen molar-refractivity contribution in [1.82, 2.24) is 0 Å². The molecule has 1 aromatic rings. The van der Waals surface area contributed by atoms with Gasteiger partial charge in [0.15, 0.2) is 0 Å². The molecule has 0 aliphatic heterocycles. The number of carbonyl (C=O) groups is 1. The maximum absolute atomic E-state index is 11.0. The van der Waals surface area contributed by atoms with Crippen molar-refractivity contribution in [2.75, 3.05) is 7.11 Å². The van der Waals surface area contributed by atoms with Crippen molar-refractivity contribution in [3.8, 4) is 11.5 Å². The zero-order chi connectivity index (χ0) is 11.6. The molecule has 1 rings (SSSR count). The van der Waals surface area contributed by atoms with Crippen molar-refractivity contribution in [3.63, 3.8) is 0 Å². The van der Waals surface area contributed by atoms with Crippen LogP contribution in [0, 0.1) is 6.92 Å². The van der Waals surface area contributed by atoms with Crippen LogP contribution in [-0.2, 0) is 11.2 Å². The lowest BCUT2D eigenvalue weighted by Gasteiger charge is -2.12. The first-order valence-corrected chi connectivity index (χ1v) is 5.31. The standard InChI is InChI=1S/C11H13BrO3/c1-6-4-8(5-7(2)13)10(14)9(12)11(6)15-3/h4,14H,5H2,1-3H3. The Morgan fingerprint density at radius 2 is 2.20 bits per heavy atom. The molecule has 0 spiro atoms. The van der Waals surface area contributed by atoms with Crippen molar-refractivity contribution in [2.45, 2.75) is 20.3 Å². The Balaban J connectivity index is 3.27. The minimum atomic E-state index is 0.0155. The third-order valence-corrected chi connectivity index (χ3v) is 2.84. The number of methoxy groups -OCH3 is 1. The van der Waals surface area contributed by atoms with E-state index in [-0.39, 0.29) is 18.0 Å². The Hall–Kier alpha value is -1.03. The van der Waals surface area contributed by atoms with Crippen LogP contribution in [0.25, 0.3) is 0 Å². The summed E-state index contributed by atoms with van der Waals surface area (Å²) in [7, 11) is 1.54. The maximum Gasteiger partial charge on any atom is 0.139 e. The first kappa shape index (κ1) is 12.0. The number of Topliss-reactive ketones (excluding diaryl/α,β-unsaturated/α-hetero) is 1. The van der Waals surface area contributed by atoms with Gasteiger partial charge in [-0.3, -0.25) is 4.79 Å². The highest BCUT2D eigenvalue weighted by molar-refractivity contribution is 9.10. The first-order valence-electron chi connectivity index (χ1n) is 4.51. The second-order valence-electron chi connectivity index (χ2n) is 3.43. The summed E-state index contributed by atoms with van der Waals surface area (Å²) in [5, 5.41) is 9.80. The Labute approximate surface area is 97.2 Å². The smallest absolute Gasteiger partial charge is 0.139 e. The fraction of sp³-hybridized carbons (Fsp3) is 0.364. The number of phenolic OH excluding ortho intramolecular Hbond substituents is 1. The number of phenols is 1. The van der Waals surface area contributed by atoms with Gasteiger partial charge in [-0.1, -0.05) is 0 Å². The summed E-state index contributed by atoms with van der Waals surface area (Å²) in [5.74, 6) is 0.689. The van der Waals surface area contributed by atoms with Gasteiger partial charge in [0.1, 0.15) is 21.8 Å². The molecule has 0 aliphatic carbocycles. The third kappa shape index (κ3) is 2.50. The van der Waals surface area contributed by atoms with Gasteiger partial charge in [-0.05, 0) is 41.4 Å². The van der Waals surface area contributed by atoms with Crippen LogP contribution >= 0.6 is 15.9 Å². The molecular weight excluding hydrogens is 260 g/mol. The number of ether oxygens (including phenoxy) is 1. The lowest BCUT2D eigenvalue weighted by molar-refractivity contribution is -0.116. The number of benzene rings is 1. The van der Waals surface area contributed by atoms with Crippen molar-refractivity contribution >= 4 is 21.7 Å². The molecular formula is C11H13BrO3. The number of rotatable bonds is 3. The minimum Gasteiger partial charge on any atom is -0.506 e. The average molecular weight is 273 g/mol. The van der Waals surface area contributed by atoms with E-state index in [1.165, 1.54) is 14.0 Å². The highest BCUT2D eigenvalue weighted by Crippen LogP contribution is 2.39. The predicted octanol–water partition coefficient (Wildman–Crippen LogP) is 2.60. The van der Waals surface area contributed by atoms with E-state index in [2.05, 4.69) is 15.9 Å². The Kier molecular flexibility index (Phi) is 3.74. The van der Waals surface area contributed by atoms with E-state index in [1.54, 1.807) is 6.07 Å². The van der Waals surface area contributed by atoms with Crippen LogP contribution in [0.5, 0.6) is 11.5 Å². The molecule has 0 bridgehead atoms. The molecule has 0 saturated heterocycles. The van der Waals surface area contributed by atoms with Crippen LogP contribution in [0.3, 0.4) is 0 Å². The van der Waals surface area contributed by atoms with E-state index < -0.39 is 0 Å². The number of aromatic hydroxyl groups is 1.